The first-order valence-electron chi connectivity index (χ1n) is 9.63. The Hall–Kier alpha value is -2.99. The van der Waals surface area contributed by atoms with E-state index in [9.17, 15) is 4.79 Å². The minimum Gasteiger partial charge on any atom is -0.382 e. The molecule has 2 heterocycles. The van der Waals surface area contributed by atoms with Crippen LogP contribution in [0.3, 0.4) is 0 Å². The summed E-state index contributed by atoms with van der Waals surface area (Å²) in [6.45, 7) is 1.98. The number of amides is 1. The monoisotopic (exact) mass is 405 g/mol. The van der Waals surface area contributed by atoms with Crippen molar-refractivity contribution in [3.8, 4) is 0 Å². The number of oxime groups is 1. The second-order valence-electron chi connectivity index (χ2n) is 7.13. The van der Waals surface area contributed by atoms with Gasteiger partial charge in [-0.3, -0.25) is 4.79 Å². The van der Waals surface area contributed by atoms with Crippen LogP contribution in [0.2, 0.25) is 0 Å². The highest BCUT2D eigenvalue weighted by Gasteiger charge is 2.36. The Bertz CT molecular complexity index is 934. The van der Waals surface area contributed by atoms with Gasteiger partial charge in [-0.15, -0.1) is 11.3 Å². The number of hydrogen-bond acceptors (Lipinski definition) is 5. The Morgan fingerprint density at radius 3 is 2.28 bits per heavy atom. The highest BCUT2D eigenvalue weighted by molar-refractivity contribution is 7.09. The highest BCUT2D eigenvalue weighted by atomic mass is 32.1. The van der Waals surface area contributed by atoms with Crippen LogP contribution in [0.1, 0.15) is 41.4 Å². The fourth-order valence-electron chi connectivity index (χ4n) is 3.59. The summed E-state index contributed by atoms with van der Waals surface area (Å²) in [5.41, 5.74) is 3.15. The zero-order chi connectivity index (χ0) is 20.2. The zero-order valence-electron chi connectivity index (χ0n) is 16.4. The summed E-state index contributed by atoms with van der Waals surface area (Å²) in [5, 5.41) is 7.18. The topological polar surface area (TPSA) is 54.8 Å². The molecule has 2 atom stereocenters. The molecule has 0 bridgehead atoms. The first-order chi connectivity index (χ1) is 14.1. The molecule has 148 valence electrons. The maximum absolute atomic E-state index is 13.0. The van der Waals surface area contributed by atoms with Gasteiger partial charge in [0.2, 0.25) is 6.10 Å². The van der Waals surface area contributed by atoms with E-state index in [1.165, 1.54) is 0 Å². The van der Waals surface area contributed by atoms with Crippen LogP contribution >= 0.6 is 11.3 Å². The molecule has 1 amide bonds. The minimum absolute atomic E-state index is 0.0307. The Morgan fingerprint density at radius 1 is 1.10 bits per heavy atom. The van der Waals surface area contributed by atoms with E-state index in [1.54, 1.807) is 29.5 Å². The van der Waals surface area contributed by atoms with Crippen LogP contribution in [0.5, 0.6) is 0 Å². The van der Waals surface area contributed by atoms with E-state index in [1.807, 2.05) is 48.7 Å². The van der Waals surface area contributed by atoms with Gasteiger partial charge in [0.15, 0.2) is 0 Å². The lowest BCUT2D eigenvalue weighted by atomic mass is 9.85. The van der Waals surface area contributed by atoms with E-state index >= 15 is 0 Å². The van der Waals surface area contributed by atoms with Crippen LogP contribution in [0.4, 0.5) is 0 Å². The van der Waals surface area contributed by atoms with Gasteiger partial charge in [-0.25, -0.2) is 4.98 Å². The molecular formula is C23H23N3O2S. The molecular weight excluding hydrogens is 382 g/mol. The molecule has 0 radical (unpaired) electrons. The molecule has 1 aromatic heterocycles. The molecule has 0 saturated heterocycles. The fraction of sp³-hybridized carbons (Fsp3) is 0.261. The quantitative estimate of drug-likeness (QED) is 0.600. The second kappa shape index (κ2) is 8.57. The molecule has 29 heavy (non-hydrogen) atoms. The van der Waals surface area contributed by atoms with Crippen molar-refractivity contribution in [1.29, 1.82) is 0 Å². The summed E-state index contributed by atoms with van der Waals surface area (Å²) in [6.07, 6.45) is 1.63. The van der Waals surface area contributed by atoms with Crippen molar-refractivity contribution in [2.45, 2.75) is 31.4 Å². The Morgan fingerprint density at radius 2 is 1.72 bits per heavy atom. The molecule has 1 aliphatic rings. The number of benzene rings is 2. The Balaban J connectivity index is 1.53. The fourth-order valence-corrected chi connectivity index (χ4v) is 4.33. The molecule has 0 aliphatic carbocycles. The minimum atomic E-state index is -0.604. The molecule has 0 saturated carbocycles. The lowest BCUT2D eigenvalue weighted by molar-refractivity contribution is -0.142. The lowest BCUT2D eigenvalue weighted by Gasteiger charge is -2.25. The number of hydrogen-bond donors (Lipinski definition) is 0. The van der Waals surface area contributed by atoms with Gasteiger partial charge in [0.05, 0.1) is 17.7 Å². The number of thiazole rings is 1. The van der Waals surface area contributed by atoms with Gasteiger partial charge in [0.25, 0.3) is 5.91 Å². The molecule has 5 nitrogen and oxygen atoms in total. The first-order valence-corrected chi connectivity index (χ1v) is 10.5. The van der Waals surface area contributed by atoms with Crippen molar-refractivity contribution >= 4 is 23.0 Å². The molecule has 1 aliphatic heterocycles. The SMILES string of the molecule is C[C@H](c1nccs1)N(C)C(=O)[C@H]1CC(C(c2ccccc2)c2ccccc2)=NO1. The van der Waals surface area contributed by atoms with Crippen LogP contribution in [0, 0.1) is 0 Å². The average molecular weight is 406 g/mol. The molecule has 3 aromatic rings. The lowest BCUT2D eigenvalue weighted by Crippen LogP contribution is -2.38. The van der Waals surface area contributed by atoms with Gasteiger partial charge in [-0.2, -0.15) is 0 Å². The van der Waals surface area contributed by atoms with Gasteiger partial charge in [-0.05, 0) is 18.1 Å². The van der Waals surface area contributed by atoms with Crippen molar-refractivity contribution < 1.29 is 9.63 Å². The van der Waals surface area contributed by atoms with Crippen molar-refractivity contribution in [2.24, 2.45) is 5.16 Å². The molecule has 0 N–H and O–H groups in total. The van der Waals surface area contributed by atoms with Crippen molar-refractivity contribution in [1.82, 2.24) is 9.88 Å². The van der Waals surface area contributed by atoms with E-state index in [-0.39, 0.29) is 17.9 Å². The van der Waals surface area contributed by atoms with Crippen LogP contribution in [-0.4, -0.2) is 34.7 Å². The van der Waals surface area contributed by atoms with Gasteiger partial charge in [-0.1, -0.05) is 65.8 Å². The van der Waals surface area contributed by atoms with E-state index in [4.69, 9.17) is 4.84 Å². The number of carbonyl (C=O) groups excluding carboxylic acids is 1. The normalized spacial score (nSPS) is 16.9. The number of carbonyl (C=O) groups is 1. The summed E-state index contributed by atoms with van der Waals surface area (Å²) in [5.74, 6) is -0.108. The Labute approximate surface area is 174 Å². The number of likely N-dealkylation sites (N-methyl/N-ethyl adjacent to an activating group) is 1. The van der Waals surface area contributed by atoms with Crippen molar-refractivity contribution in [3.05, 3.63) is 88.4 Å². The molecule has 0 fully saturated rings. The Kier molecular flexibility index (Phi) is 5.71. The summed E-state index contributed by atoms with van der Waals surface area (Å²) < 4.78 is 0. The van der Waals surface area contributed by atoms with Crippen LogP contribution in [0.25, 0.3) is 0 Å². The molecule has 4 rings (SSSR count). The predicted octanol–water partition coefficient (Wildman–Crippen LogP) is 4.64. The first kappa shape index (κ1) is 19.3. The molecule has 6 heteroatoms. The summed E-state index contributed by atoms with van der Waals surface area (Å²) in [7, 11) is 1.79. The zero-order valence-corrected chi connectivity index (χ0v) is 17.3. The maximum atomic E-state index is 13.0. The van der Waals surface area contributed by atoms with Gasteiger partial charge in [0.1, 0.15) is 5.01 Å². The number of nitrogens with zero attached hydrogens (tertiary/aromatic N) is 3. The van der Waals surface area contributed by atoms with Crippen molar-refractivity contribution in [2.75, 3.05) is 7.05 Å². The second-order valence-corrected chi connectivity index (χ2v) is 8.06. The number of rotatable bonds is 6. The smallest absolute Gasteiger partial charge is 0.267 e. The van der Waals surface area contributed by atoms with Crippen LogP contribution in [-0.2, 0) is 9.63 Å². The van der Waals surface area contributed by atoms with Gasteiger partial charge >= 0.3 is 0 Å². The highest BCUT2D eigenvalue weighted by Crippen LogP contribution is 2.32. The van der Waals surface area contributed by atoms with Gasteiger partial charge in [0, 0.05) is 25.0 Å². The average Bonchev–Trinajstić information content (AvgIpc) is 3.47. The number of aromatic nitrogens is 1. The van der Waals surface area contributed by atoms with E-state index in [0.717, 1.165) is 21.8 Å². The largest absolute Gasteiger partial charge is 0.382 e. The van der Waals surface area contributed by atoms with E-state index in [2.05, 4.69) is 34.4 Å². The molecule has 2 aromatic carbocycles. The maximum Gasteiger partial charge on any atom is 0.267 e. The van der Waals surface area contributed by atoms with Gasteiger partial charge < -0.3 is 9.74 Å². The third-order valence-electron chi connectivity index (χ3n) is 5.30. The van der Waals surface area contributed by atoms with Crippen LogP contribution in [0.15, 0.2) is 77.4 Å². The third-order valence-corrected chi connectivity index (χ3v) is 6.25. The van der Waals surface area contributed by atoms with Crippen LogP contribution < -0.4 is 0 Å². The van der Waals surface area contributed by atoms with E-state index in [0.29, 0.717) is 6.42 Å². The standard InChI is InChI=1S/C23H23N3O2S/c1-16(22-24-13-14-29-22)26(2)23(27)20-15-19(25-28-20)21(17-9-5-3-6-10-17)18-11-7-4-8-12-18/h3-14,16,20-21H,15H2,1-2H3/t16-,20-/m1/s1. The predicted molar refractivity (Wildman–Crippen MR) is 115 cm³/mol. The molecule has 0 spiro atoms. The van der Waals surface area contributed by atoms with Crippen molar-refractivity contribution in [3.63, 3.8) is 0 Å². The van der Waals surface area contributed by atoms with E-state index < -0.39 is 6.10 Å². The summed E-state index contributed by atoms with van der Waals surface area (Å²) in [4.78, 5) is 24.7. The molecule has 0 unspecified atom stereocenters. The third kappa shape index (κ3) is 4.07. The summed E-state index contributed by atoms with van der Waals surface area (Å²) >= 11 is 1.54. The summed E-state index contributed by atoms with van der Waals surface area (Å²) in [6, 6.07) is 20.3.